The van der Waals surface area contributed by atoms with Gasteiger partial charge in [0, 0.05) is 31.8 Å². The molecular weight excluding hydrogens is 252 g/mol. The van der Waals surface area contributed by atoms with Crippen molar-refractivity contribution in [3.63, 3.8) is 0 Å². The summed E-state index contributed by atoms with van der Waals surface area (Å²) in [6, 6.07) is 8.04. The van der Waals surface area contributed by atoms with Crippen molar-refractivity contribution in [3.8, 4) is 17.3 Å². The molecule has 0 radical (unpaired) electrons. The number of amides is 1. The quantitative estimate of drug-likeness (QED) is 0.791. The highest BCUT2D eigenvalue weighted by molar-refractivity contribution is 5.96. The number of aryl methyl sites for hydroxylation is 2. The molecule has 1 aliphatic rings. The van der Waals surface area contributed by atoms with E-state index in [1.807, 2.05) is 23.7 Å². The zero-order valence-electron chi connectivity index (χ0n) is 11.4. The number of carbonyl (C=O) groups is 1. The zero-order chi connectivity index (χ0) is 14.3. The molecule has 0 bridgehead atoms. The van der Waals surface area contributed by atoms with Crippen molar-refractivity contribution >= 4 is 11.6 Å². The fourth-order valence-corrected chi connectivity index (χ4v) is 2.66. The van der Waals surface area contributed by atoms with Gasteiger partial charge < -0.3 is 9.47 Å². The number of anilines is 1. The van der Waals surface area contributed by atoms with Gasteiger partial charge in [-0.1, -0.05) is 6.07 Å². The third-order valence-corrected chi connectivity index (χ3v) is 3.74. The summed E-state index contributed by atoms with van der Waals surface area (Å²) in [4.78, 5) is 17.5. The number of nitriles is 1. The van der Waals surface area contributed by atoms with E-state index in [1.54, 1.807) is 18.3 Å². The van der Waals surface area contributed by atoms with Gasteiger partial charge in [-0.15, -0.1) is 0 Å². The Morgan fingerprint density at radius 1 is 1.30 bits per heavy atom. The van der Waals surface area contributed by atoms with Crippen molar-refractivity contribution in [2.75, 3.05) is 11.9 Å². The van der Waals surface area contributed by atoms with E-state index < -0.39 is 0 Å². The second-order valence-electron chi connectivity index (χ2n) is 4.96. The molecule has 3 rings (SSSR count). The first-order valence-electron chi connectivity index (χ1n) is 6.43. The second-order valence-corrected chi connectivity index (χ2v) is 4.96. The molecule has 1 amide bonds. The molecule has 0 unspecified atom stereocenters. The van der Waals surface area contributed by atoms with E-state index in [9.17, 15) is 4.79 Å². The van der Waals surface area contributed by atoms with Gasteiger partial charge in [-0.25, -0.2) is 4.98 Å². The number of benzene rings is 1. The molecule has 0 saturated heterocycles. The van der Waals surface area contributed by atoms with Crippen LogP contribution in [0.25, 0.3) is 11.3 Å². The predicted octanol–water partition coefficient (Wildman–Crippen LogP) is 1.87. The lowest BCUT2D eigenvalue weighted by molar-refractivity contribution is -0.118. The van der Waals surface area contributed by atoms with Crippen LogP contribution in [0, 0.1) is 11.3 Å². The minimum atomic E-state index is 0.142. The molecule has 100 valence electrons. The summed E-state index contributed by atoms with van der Waals surface area (Å²) < 4.78 is 1.85. The van der Waals surface area contributed by atoms with E-state index in [1.165, 1.54) is 0 Å². The molecule has 0 fully saturated rings. The van der Waals surface area contributed by atoms with Gasteiger partial charge in [-0.05, 0) is 24.1 Å². The molecule has 0 aliphatic carbocycles. The average Bonchev–Trinajstić information content (AvgIpc) is 2.83. The molecule has 0 atom stereocenters. The van der Waals surface area contributed by atoms with Gasteiger partial charge in [-0.2, -0.15) is 5.26 Å². The fraction of sp³-hybridized carbons (Fsp3) is 0.267. The monoisotopic (exact) mass is 266 g/mol. The molecule has 5 heteroatoms. The minimum absolute atomic E-state index is 0.142. The Morgan fingerprint density at radius 3 is 2.85 bits per heavy atom. The SMILES string of the molecule is CN1C(=O)CCc2cc(-c3c(C#N)ncn3C)ccc21. The van der Waals surface area contributed by atoms with Gasteiger partial charge in [0.2, 0.25) is 5.91 Å². The van der Waals surface area contributed by atoms with Crippen LogP contribution in [0.4, 0.5) is 5.69 Å². The van der Waals surface area contributed by atoms with Gasteiger partial charge >= 0.3 is 0 Å². The van der Waals surface area contributed by atoms with Gasteiger partial charge in [0.05, 0.1) is 12.0 Å². The number of imidazole rings is 1. The van der Waals surface area contributed by atoms with Gasteiger partial charge in [0.15, 0.2) is 5.69 Å². The lowest BCUT2D eigenvalue weighted by atomic mass is 9.97. The van der Waals surface area contributed by atoms with Crippen LogP contribution >= 0.6 is 0 Å². The molecule has 2 aromatic rings. The summed E-state index contributed by atoms with van der Waals surface area (Å²) in [5.74, 6) is 0.142. The number of hydrogen-bond acceptors (Lipinski definition) is 3. The second kappa shape index (κ2) is 4.49. The van der Waals surface area contributed by atoms with E-state index in [0.29, 0.717) is 12.1 Å². The summed E-state index contributed by atoms with van der Waals surface area (Å²) >= 11 is 0. The smallest absolute Gasteiger partial charge is 0.227 e. The maximum Gasteiger partial charge on any atom is 0.227 e. The van der Waals surface area contributed by atoms with Crippen molar-refractivity contribution in [2.45, 2.75) is 12.8 Å². The number of fused-ring (bicyclic) bond motifs is 1. The highest BCUT2D eigenvalue weighted by Gasteiger charge is 2.22. The van der Waals surface area contributed by atoms with E-state index >= 15 is 0 Å². The van der Waals surface area contributed by atoms with Crippen LogP contribution in [-0.4, -0.2) is 22.5 Å². The first-order chi connectivity index (χ1) is 9.61. The number of nitrogens with zero attached hydrogens (tertiary/aromatic N) is 4. The van der Waals surface area contributed by atoms with Crippen LogP contribution in [0.15, 0.2) is 24.5 Å². The van der Waals surface area contributed by atoms with Crippen LogP contribution in [0.2, 0.25) is 0 Å². The molecule has 0 N–H and O–H groups in total. The summed E-state index contributed by atoms with van der Waals surface area (Å²) in [7, 11) is 3.67. The van der Waals surface area contributed by atoms with Crippen LogP contribution in [-0.2, 0) is 18.3 Å². The first kappa shape index (κ1) is 12.4. The minimum Gasteiger partial charge on any atom is -0.333 e. The van der Waals surface area contributed by atoms with Crippen molar-refractivity contribution in [1.29, 1.82) is 5.26 Å². The zero-order valence-corrected chi connectivity index (χ0v) is 11.4. The number of carbonyl (C=O) groups excluding carboxylic acids is 1. The normalized spacial score (nSPS) is 14.1. The first-order valence-corrected chi connectivity index (χ1v) is 6.43. The summed E-state index contributed by atoms with van der Waals surface area (Å²) in [6.07, 6.45) is 2.92. The molecule has 5 nitrogen and oxygen atoms in total. The molecule has 0 saturated carbocycles. The van der Waals surface area contributed by atoms with Gasteiger partial charge in [0.1, 0.15) is 6.07 Å². The number of rotatable bonds is 1. The third-order valence-electron chi connectivity index (χ3n) is 3.74. The molecule has 1 aromatic heterocycles. The lowest BCUT2D eigenvalue weighted by Gasteiger charge is -2.26. The van der Waals surface area contributed by atoms with E-state index in [0.717, 1.165) is 28.9 Å². The fourth-order valence-electron chi connectivity index (χ4n) is 2.66. The number of aromatic nitrogens is 2. The highest BCUT2D eigenvalue weighted by Crippen LogP contribution is 2.32. The maximum absolute atomic E-state index is 11.7. The van der Waals surface area contributed by atoms with Crippen LogP contribution < -0.4 is 4.90 Å². The predicted molar refractivity (Wildman–Crippen MR) is 75.1 cm³/mol. The van der Waals surface area contributed by atoms with Crippen LogP contribution in [0.3, 0.4) is 0 Å². The molecule has 1 aliphatic heterocycles. The van der Waals surface area contributed by atoms with Crippen molar-refractivity contribution in [3.05, 3.63) is 35.8 Å². The van der Waals surface area contributed by atoms with Crippen molar-refractivity contribution < 1.29 is 4.79 Å². The van der Waals surface area contributed by atoms with E-state index in [4.69, 9.17) is 5.26 Å². The molecular formula is C15H14N4O. The number of hydrogen-bond donors (Lipinski definition) is 0. The summed E-state index contributed by atoms with van der Waals surface area (Å²) in [5, 5.41) is 9.13. The van der Waals surface area contributed by atoms with Gasteiger partial charge in [-0.3, -0.25) is 4.79 Å². The molecule has 1 aromatic carbocycles. The largest absolute Gasteiger partial charge is 0.333 e. The Hall–Kier alpha value is -2.61. The molecule has 20 heavy (non-hydrogen) atoms. The van der Waals surface area contributed by atoms with E-state index in [-0.39, 0.29) is 5.91 Å². The topological polar surface area (TPSA) is 61.9 Å². The molecule has 0 spiro atoms. The summed E-state index contributed by atoms with van der Waals surface area (Å²) in [5.41, 5.74) is 4.28. The third kappa shape index (κ3) is 1.77. The van der Waals surface area contributed by atoms with Crippen LogP contribution in [0.5, 0.6) is 0 Å². The Bertz CT molecular complexity index is 739. The Kier molecular flexibility index (Phi) is 2.79. The Balaban J connectivity index is 2.12. The van der Waals surface area contributed by atoms with Crippen LogP contribution in [0.1, 0.15) is 17.7 Å². The van der Waals surface area contributed by atoms with E-state index in [2.05, 4.69) is 17.1 Å². The van der Waals surface area contributed by atoms with Crippen molar-refractivity contribution in [1.82, 2.24) is 9.55 Å². The average molecular weight is 266 g/mol. The Morgan fingerprint density at radius 2 is 2.10 bits per heavy atom. The lowest BCUT2D eigenvalue weighted by Crippen LogP contribution is -2.31. The highest BCUT2D eigenvalue weighted by atomic mass is 16.2. The maximum atomic E-state index is 11.7. The summed E-state index contributed by atoms with van der Waals surface area (Å²) in [6.45, 7) is 0. The van der Waals surface area contributed by atoms with Crippen molar-refractivity contribution in [2.24, 2.45) is 7.05 Å². The van der Waals surface area contributed by atoms with Gasteiger partial charge in [0.25, 0.3) is 0 Å². The molecule has 2 heterocycles. The Labute approximate surface area is 117 Å². The standard InChI is InChI=1S/C15H14N4O/c1-18-9-17-12(8-16)15(18)11-3-5-13-10(7-11)4-6-14(20)19(13)2/h3,5,7,9H,4,6H2,1-2H3.